The predicted molar refractivity (Wildman–Crippen MR) is 80.7 cm³/mol. The molecule has 0 bridgehead atoms. The van der Waals surface area contributed by atoms with E-state index in [-0.39, 0.29) is 5.69 Å². The first-order chi connectivity index (χ1) is 9.51. The summed E-state index contributed by atoms with van der Waals surface area (Å²) in [4.78, 5) is 10.4. The Morgan fingerprint density at radius 3 is 2.75 bits per heavy atom. The molecule has 0 fully saturated rings. The SMILES string of the molecule is CNC(C)Cc1ccc(-c2ccc([N+](=O)[O-])c(Br)c2)o1. The number of nitro groups is 1. The number of likely N-dealkylation sites (N-methyl/N-ethyl adjacent to an activating group) is 1. The molecule has 1 aromatic carbocycles. The van der Waals surface area contributed by atoms with Crippen molar-refractivity contribution in [2.45, 2.75) is 19.4 Å². The summed E-state index contributed by atoms with van der Waals surface area (Å²) in [5, 5.41) is 13.9. The number of benzene rings is 1. The second-order valence-electron chi connectivity index (χ2n) is 4.58. The third kappa shape index (κ3) is 3.26. The fraction of sp³-hybridized carbons (Fsp3) is 0.286. The van der Waals surface area contributed by atoms with E-state index in [2.05, 4.69) is 28.2 Å². The number of nitrogens with zero attached hydrogens (tertiary/aromatic N) is 1. The van der Waals surface area contributed by atoms with Gasteiger partial charge in [0.2, 0.25) is 0 Å². The maximum Gasteiger partial charge on any atom is 0.283 e. The summed E-state index contributed by atoms with van der Waals surface area (Å²) in [5.74, 6) is 1.59. The molecule has 0 saturated heterocycles. The summed E-state index contributed by atoms with van der Waals surface area (Å²) in [6, 6.07) is 8.99. The Kier molecular flexibility index (Phi) is 4.57. The quantitative estimate of drug-likeness (QED) is 0.665. The highest BCUT2D eigenvalue weighted by molar-refractivity contribution is 9.10. The van der Waals surface area contributed by atoms with Gasteiger partial charge in [-0.25, -0.2) is 0 Å². The molecule has 0 amide bonds. The zero-order valence-electron chi connectivity index (χ0n) is 11.2. The van der Waals surface area contributed by atoms with E-state index in [0.29, 0.717) is 16.3 Å². The molecule has 6 heteroatoms. The van der Waals surface area contributed by atoms with Crippen molar-refractivity contribution in [3.63, 3.8) is 0 Å². The van der Waals surface area contributed by atoms with Crippen LogP contribution in [0.3, 0.4) is 0 Å². The van der Waals surface area contributed by atoms with Crippen LogP contribution in [-0.4, -0.2) is 18.0 Å². The first-order valence-electron chi connectivity index (χ1n) is 6.21. The van der Waals surface area contributed by atoms with Crippen LogP contribution >= 0.6 is 15.9 Å². The van der Waals surface area contributed by atoms with E-state index in [0.717, 1.165) is 17.7 Å². The van der Waals surface area contributed by atoms with Gasteiger partial charge in [-0.2, -0.15) is 0 Å². The molecule has 1 N–H and O–H groups in total. The van der Waals surface area contributed by atoms with E-state index in [4.69, 9.17) is 4.42 Å². The molecule has 0 spiro atoms. The Morgan fingerprint density at radius 1 is 1.40 bits per heavy atom. The maximum atomic E-state index is 10.8. The second kappa shape index (κ2) is 6.19. The summed E-state index contributed by atoms with van der Waals surface area (Å²) >= 11 is 3.21. The number of halogens is 1. The molecule has 0 aliphatic heterocycles. The Labute approximate surface area is 125 Å². The van der Waals surface area contributed by atoms with Crippen molar-refractivity contribution in [3.05, 3.63) is 50.7 Å². The summed E-state index contributed by atoms with van der Waals surface area (Å²) in [6.07, 6.45) is 0.796. The number of nitro benzene ring substituents is 1. The number of nitrogens with one attached hydrogen (secondary N) is 1. The van der Waals surface area contributed by atoms with Gasteiger partial charge in [-0.3, -0.25) is 10.1 Å². The Hall–Kier alpha value is -1.66. The van der Waals surface area contributed by atoms with Gasteiger partial charge in [-0.15, -0.1) is 0 Å². The maximum absolute atomic E-state index is 10.8. The van der Waals surface area contributed by atoms with Gasteiger partial charge in [-0.1, -0.05) is 0 Å². The van der Waals surface area contributed by atoms with Crippen LogP contribution in [-0.2, 0) is 6.42 Å². The average Bonchev–Trinajstić information content (AvgIpc) is 2.86. The van der Waals surface area contributed by atoms with Gasteiger partial charge >= 0.3 is 0 Å². The predicted octanol–water partition coefficient (Wildman–Crippen LogP) is 3.77. The molecule has 0 aliphatic carbocycles. The smallest absolute Gasteiger partial charge is 0.283 e. The average molecular weight is 339 g/mol. The normalized spacial score (nSPS) is 12.3. The lowest BCUT2D eigenvalue weighted by molar-refractivity contribution is -0.385. The first kappa shape index (κ1) is 14.7. The molecule has 0 radical (unpaired) electrons. The number of hydrogen-bond donors (Lipinski definition) is 1. The molecular weight excluding hydrogens is 324 g/mol. The lowest BCUT2D eigenvalue weighted by Gasteiger charge is -2.06. The van der Waals surface area contributed by atoms with Crippen LogP contribution in [0.2, 0.25) is 0 Å². The van der Waals surface area contributed by atoms with Crippen molar-refractivity contribution in [2.24, 2.45) is 0 Å². The van der Waals surface area contributed by atoms with Crippen molar-refractivity contribution < 1.29 is 9.34 Å². The van der Waals surface area contributed by atoms with Gasteiger partial charge in [0.25, 0.3) is 5.69 Å². The fourth-order valence-electron chi connectivity index (χ4n) is 1.85. The summed E-state index contributed by atoms with van der Waals surface area (Å²) < 4.78 is 6.21. The van der Waals surface area contributed by atoms with Crippen LogP contribution in [0.4, 0.5) is 5.69 Å². The van der Waals surface area contributed by atoms with Crippen molar-refractivity contribution >= 4 is 21.6 Å². The highest BCUT2D eigenvalue weighted by Gasteiger charge is 2.14. The van der Waals surface area contributed by atoms with Crippen molar-refractivity contribution in [1.82, 2.24) is 5.32 Å². The monoisotopic (exact) mass is 338 g/mol. The topological polar surface area (TPSA) is 68.3 Å². The highest BCUT2D eigenvalue weighted by atomic mass is 79.9. The van der Waals surface area contributed by atoms with Gasteiger partial charge < -0.3 is 9.73 Å². The minimum absolute atomic E-state index is 0.0457. The van der Waals surface area contributed by atoms with E-state index < -0.39 is 4.92 Å². The van der Waals surface area contributed by atoms with Gasteiger partial charge in [-0.05, 0) is 54.2 Å². The van der Waals surface area contributed by atoms with Crippen LogP contribution < -0.4 is 5.32 Å². The highest BCUT2D eigenvalue weighted by Crippen LogP contribution is 2.31. The summed E-state index contributed by atoms with van der Waals surface area (Å²) in [5.41, 5.74) is 0.857. The Bertz CT molecular complexity index is 625. The zero-order chi connectivity index (χ0) is 14.7. The molecule has 106 valence electrons. The van der Waals surface area contributed by atoms with Crippen LogP contribution in [0.15, 0.2) is 39.2 Å². The Balaban J connectivity index is 2.24. The molecule has 2 rings (SSSR count). The third-order valence-electron chi connectivity index (χ3n) is 3.09. The molecule has 2 aromatic rings. The van der Waals surface area contributed by atoms with Gasteiger partial charge in [0.05, 0.1) is 9.40 Å². The van der Waals surface area contributed by atoms with E-state index in [9.17, 15) is 10.1 Å². The van der Waals surface area contributed by atoms with Crippen LogP contribution in [0.25, 0.3) is 11.3 Å². The lowest BCUT2D eigenvalue weighted by Crippen LogP contribution is -2.23. The Morgan fingerprint density at radius 2 is 2.15 bits per heavy atom. The molecule has 1 atom stereocenters. The van der Waals surface area contributed by atoms with Crippen molar-refractivity contribution in [3.8, 4) is 11.3 Å². The van der Waals surface area contributed by atoms with E-state index >= 15 is 0 Å². The minimum atomic E-state index is -0.421. The van der Waals surface area contributed by atoms with E-state index in [1.807, 2.05) is 19.2 Å². The molecule has 1 heterocycles. The molecular formula is C14H15BrN2O3. The molecule has 1 unspecified atom stereocenters. The number of rotatable bonds is 5. The van der Waals surface area contributed by atoms with Crippen LogP contribution in [0, 0.1) is 10.1 Å². The minimum Gasteiger partial charge on any atom is -0.461 e. The van der Waals surface area contributed by atoms with Crippen molar-refractivity contribution in [2.75, 3.05) is 7.05 Å². The molecule has 0 saturated carbocycles. The van der Waals surface area contributed by atoms with Gasteiger partial charge in [0, 0.05) is 24.1 Å². The molecule has 1 aromatic heterocycles. The fourth-order valence-corrected chi connectivity index (χ4v) is 2.38. The third-order valence-corrected chi connectivity index (χ3v) is 3.73. The largest absolute Gasteiger partial charge is 0.461 e. The van der Waals surface area contributed by atoms with E-state index in [1.54, 1.807) is 12.1 Å². The molecule has 20 heavy (non-hydrogen) atoms. The molecule has 0 aliphatic rings. The van der Waals surface area contributed by atoms with Crippen LogP contribution in [0.5, 0.6) is 0 Å². The van der Waals surface area contributed by atoms with Gasteiger partial charge in [0.1, 0.15) is 11.5 Å². The standard InChI is InChI=1S/C14H15BrN2O3/c1-9(16-2)7-11-4-6-14(20-11)10-3-5-13(17(18)19)12(15)8-10/h3-6,8-9,16H,7H2,1-2H3. The van der Waals surface area contributed by atoms with Gasteiger partial charge in [0.15, 0.2) is 0 Å². The first-order valence-corrected chi connectivity index (χ1v) is 7.01. The lowest BCUT2D eigenvalue weighted by atomic mass is 10.1. The molecule has 5 nitrogen and oxygen atoms in total. The van der Waals surface area contributed by atoms with Crippen molar-refractivity contribution in [1.29, 1.82) is 0 Å². The number of furan rings is 1. The van der Waals surface area contributed by atoms with E-state index in [1.165, 1.54) is 6.07 Å². The van der Waals surface area contributed by atoms with Crippen LogP contribution in [0.1, 0.15) is 12.7 Å². The summed E-state index contributed by atoms with van der Waals surface area (Å²) in [7, 11) is 1.90. The zero-order valence-corrected chi connectivity index (χ0v) is 12.8. The summed E-state index contributed by atoms with van der Waals surface area (Å²) in [6.45, 7) is 2.07. The number of hydrogen-bond acceptors (Lipinski definition) is 4. The second-order valence-corrected chi connectivity index (χ2v) is 5.44.